The summed E-state index contributed by atoms with van der Waals surface area (Å²) in [6, 6.07) is 16.7. The number of azo groups is 2. The molecule has 1 spiro atoms. The number of carbonyl (C=O) groups excluding carboxylic acids is 1. The summed E-state index contributed by atoms with van der Waals surface area (Å²) >= 11 is 8.50. The maximum Gasteiger partial charge on any atom is 0.315 e. The van der Waals surface area contributed by atoms with Crippen LogP contribution in [0, 0.1) is 45.8 Å². The standard InChI is InChI=1S/C50H71ClN11O3S/c1-29-30(2)66-45-41(29)42(55-39(22-40-53-18-20-64-40)43-57-61-28-62(43,45)31(61)3)33-12-15-36(16-13-33)60-19-10-11-32(26-60)25-58(8)48-54-24-35(27-59(48)9)44(63)56-46-49(4,5)47(50(46,6)7)65-37-17-14-34(23-52)38(51)21-37/h12-17,21,29-32,35,39-41,43,45-48,53-54H,10-11,18-20,22,24-28H2,1-9H3/q+1/p+1. The van der Waals surface area contributed by atoms with E-state index in [0.29, 0.717) is 64.0 Å². The quantitative estimate of drug-likeness (QED) is 0.184. The molecule has 12 atom stereocenters. The van der Waals surface area contributed by atoms with E-state index in [0.717, 1.165) is 50.4 Å². The number of anilines is 1. The van der Waals surface area contributed by atoms with Crippen LogP contribution in [-0.2, 0) is 9.53 Å². The number of rotatable bonds is 11. The second-order valence-corrected chi connectivity index (χ2v) is 24.1. The molecule has 12 unspecified atom stereocenters. The zero-order chi connectivity index (χ0) is 46.4. The molecule has 1 amide bonds. The lowest BCUT2D eigenvalue weighted by Gasteiger charge is -2.63. The van der Waals surface area contributed by atoms with Gasteiger partial charge in [-0.2, -0.15) is 9.74 Å². The molecule has 1 saturated carbocycles. The Morgan fingerprint density at radius 3 is 2.59 bits per heavy atom. The van der Waals surface area contributed by atoms with E-state index >= 15 is 0 Å². The van der Waals surface area contributed by atoms with Crippen LogP contribution < -0.4 is 25.6 Å². The second kappa shape index (κ2) is 17.6. The number of nitrogens with one attached hydrogen (secondary N) is 3. The smallest absolute Gasteiger partial charge is 0.315 e. The maximum absolute atomic E-state index is 13.9. The molecule has 2 bridgehead atoms. The minimum absolute atomic E-state index is 0.0330. The second-order valence-electron chi connectivity index (χ2n) is 22.2. The van der Waals surface area contributed by atoms with Crippen LogP contribution >= 0.6 is 23.4 Å². The first-order valence-corrected chi connectivity index (χ1v) is 25.9. The van der Waals surface area contributed by atoms with Crippen LogP contribution in [0.4, 0.5) is 5.69 Å². The number of carbonyl (C=O) groups is 1. The van der Waals surface area contributed by atoms with E-state index < -0.39 is 0 Å². The van der Waals surface area contributed by atoms with Crippen molar-refractivity contribution in [1.82, 2.24) is 25.8 Å². The van der Waals surface area contributed by atoms with Gasteiger partial charge in [-0.3, -0.25) is 30.2 Å². The van der Waals surface area contributed by atoms with Crippen molar-refractivity contribution in [1.29, 1.82) is 5.26 Å². The molecule has 2 aromatic carbocycles. The molecule has 66 heavy (non-hydrogen) atoms. The summed E-state index contributed by atoms with van der Waals surface area (Å²) in [6.45, 7) is 22.9. The highest BCUT2D eigenvalue weighted by Gasteiger charge is 2.77. The van der Waals surface area contributed by atoms with Gasteiger partial charge in [0.25, 0.3) is 6.17 Å². The lowest BCUT2D eigenvalue weighted by molar-refractivity contribution is -1.16. The number of piperidine rings is 1. The van der Waals surface area contributed by atoms with Crippen LogP contribution in [0.2, 0.25) is 5.02 Å². The molecular formula is C50H72ClN11O3S+2. The third-order valence-corrected chi connectivity index (χ3v) is 19.4. The summed E-state index contributed by atoms with van der Waals surface area (Å²) in [6.07, 6.45) is 3.69. The van der Waals surface area contributed by atoms with Crippen molar-refractivity contribution in [2.75, 3.05) is 71.5 Å². The van der Waals surface area contributed by atoms with Crippen molar-refractivity contribution in [2.45, 2.75) is 121 Å². The molecule has 2 aromatic rings. The number of nitriles is 1. The fourth-order valence-electron chi connectivity index (χ4n) is 13.8. The van der Waals surface area contributed by atoms with Crippen LogP contribution in [0.3, 0.4) is 0 Å². The van der Waals surface area contributed by atoms with Crippen LogP contribution in [0.1, 0.15) is 78.9 Å². The zero-order valence-corrected chi connectivity index (χ0v) is 42.0. The van der Waals surface area contributed by atoms with Gasteiger partial charge in [-0.05, 0) is 73.3 Å². The summed E-state index contributed by atoms with van der Waals surface area (Å²) in [5.41, 5.74) is 3.63. The lowest BCUT2D eigenvalue weighted by Crippen LogP contribution is -2.75. The van der Waals surface area contributed by atoms with Crippen molar-refractivity contribution in [3.8, 4) is 11.8 Å². The SMILES string of the molecule is CC1SC2C(C(c3ccc(N4CCCC(CN(C)C5NCC(C(=O)NC6C(C)(C)C(Oc7ccc(C#N)c(Cl)c7)C6(C)C)CN5C)C4)cc3)=NC(CC3NCCO3)C3N=[N+]4C[N+]32C4C)C1C. The van der Waals surface area contributed by atoms with E-state index in [9.17, 15) is 10.1 Å². The van der Waals surface area contributed by atoms with Crippen molar-refractivity contribution in [3.05, 3.63) is 58.6 Å². The number of hydrogen-bond donors (Lipinski definition) is 3. The minimum Gasteiger partial charge on any atom is -0.489 e. The first-order valence-electron chi connectivity index (χ1n) is 24.6. The topological polar surface area (TPSA) is 133 Å². The lowest BCUT2D eigenvalue weighted by atomic mass is 9.49. The van der Waals surface area contributed by atoms with E-state index in [1.807, 2.05) is 0 Å². The number of benzene rings is 2. The van der Waals surface area contributed by atoms with Gasteiger partial charge in [-0.15, -0.1) is 0 Å². The van der Waals surface area contributed by atoms with Gasteiger partial charge in [-0.25, -0.2) is 0 Å². The largest absolute Gasteiger partial charge is 0.489 e. The van der Waals surface area contributed by atoms with Gasteiger partial charge in [0.15, 0.2) is 5.37 Å². The van der Waals surface area contributed by atoms with Crippen molar-refractivity contribution < 1.29 is 23.4 Å². The van der Waals surface area contributed by atoms with Gasteiger partial charge in [0.2, 0.25) is 5.91 Å². The molecular weight excluding hydrogens is 870 g/mol. The molecule has 8 heterocycles. The normalized spacial score (nSPS) is 38.8. The molecule has 9 aliphatic rings. The number of halogens is 1. The van der Waals surface area contributed by atoms with Crippen molar-refractivity contribution in [2.24, 2.45) is 44.6 Å². The van der Waals surface area contributed by atoms with Crippen LogP contribution in [-0.4, -0.2) is 151 Å². The molecule has 356 valence electrons. The highest BCUT2D eigenvalue weighted by molar-refractivity contribution is 8.00. The van der Waals surface area contributed by atoms with E-state index in [1.165, 1.54) is 29.8 Å². The molecule has 16 heteroatoms. The molecule has 14 nitrogen and oxygen atoms in total. The molecule has 0 aromatic heterocycles. The number of hydrogen-bond acceptors (Lipinski definition) is 12. The van der Waals surface area contributed by atoms with Crippen LogP contribution in [0.25, 0.3) is 0 Å². The fraction of sp³-hybridized carbons (Fsp3) is 0.700. The van der Waals surface area contributed by atoms with Gasteiger partial charge in [0.1, 0.15) is 36.5 Å². The molecule has 3 N–H and O–H groups in total. The highest BCUT2D eigenvalue weighted by atomic mass is 35.5. The number of fused-ring (bicyclic) bond motifs is 1. The van der Waals surface area contributed by atoms with E-state index in [-0.39, 0.29) is 59.5 Å². The minimum atomic E-state index is -0.314. The van der Waals surface area contributed by atoms with E-state index in [2.05, 4.69) is 140 Å². The van der Waals surface area contributed by atoms with E-state index in [1.54, 1.807) is 18.2 Å². The van der Waals surface area contributed by atoms with Crippen molar-refractivity contribution in [3.63, 3.8) is 0 Å². The molecule has 5 saturated heterocycles. The van der Waals surface area contributed by atoms with Gasteiger partial charge in [0, 0.05) is 84.7 Å². The number of quaternary nitrogens is 1. The fourth-order valence-corrected chi connectivity index (χ4v) is 16.0. The van der Waals surface area contributed by atoms with E-state index in [4.69, 9.17) is 31.2 Å². The summed E-state index contributed by atoms with van der Waals surface area (Å²) < 4.78 is 16.0. The molecule has 1 aliphatic carbocycles. The Balaban J connectivity index is 0.756. The highest BCUT2D eigenvalue weighted by Crippen LogP contribution is 2.58. The van der Waals surface area contributed by atoms with Gasteiger partial charge in [-0.1, -0.05) is 77.0 Å². The molecule has 0 radical (unpaired) electrons. The average molecular weight is 943 g/mol. The number of nitrogens with zero attached hydrogens (tertiary/aromatic N) is 8. The summed E-state index contributed by atoms with van der Waals surface area (Å²) in [5, 5.41) is 26.7. The Morgan fingerprint density at radius 1 is 1.14 bits per heavy atom. The Hall–Kier alpha value is -3.33. The third-order valence-electron chi connectivity index (χ3n) is 17.2. The average Bonchev–Trinajstić information content (AvgIpc) is 4.08. The first-order chi connectivity index (χ1) is 31.5. The van der Waals surface area contributed by atoms with Gasteiger partial charge >= 0.3 is 12.8 Å². The van der Waals surface area contributed by atoms with Crippen LogP contribution in [0.15, 0.2) is 52.6 Å². The maximum atomic E-state index is 13.9. The Morgan fingerprint density at radius 2 is 1.91 bits per heavy atom. The number of amides is 1. The number of ether oxygens (including phenoxy) is 2. The monoisotopic (exact) mass is 942 g/mol. The van der Waals surface area contributed by atoms with Crippen LogP contribution in [0.5, 0.6) is 5.75 Å². The Kier molecular flexibility index (Phi) is 12.4. The first kappa shape index (κ1) is 46.4. The molecule has 8 aliphatic heterocycles. The van der Waals surface area contributed by atoms with Gasteiger partial charge < -0.3 is 19.7 Å². The molecule has 6 fully saturated rings. The molecule has 11 rings (SSSR count). The summed E-state index contributed by atoms with van der Waals surface area (Å²) in [7, 11) is 4.35. The Bertz CT molecular complexity index is 2270. The predicted molar refractivity (Wildman–Crippen MR) is 259 cm³/mol. The predicted octanol–water partition coefficient (Wildman–Crippen LogP) is 5.95. The van der Waals surface area contributed by atoms with Gasteiger partial charge in [0.05, 0.1) is 41.7 Å². The number of thioether (sulfide) groups is 1. The Labute approximate surface area is 401 Å². The summed E-state index contributed by atoms with van der Waals surface area (Å²) in [5.74, 6) is 1.96. The summed E-state index contributed by atoms with van der Waals surface area (Å²) in [4.78, 5) is 27.0. The van der Waals surface area contributed by atoms with Crippen molar-refractivity contribution >= 4 is 40.7 Å². The third kappa shape index (κ3) is 7.78. The zero-order valence-electron chi connectivity index (χ0n) is 40.4. The number of aliphatic imine (C=N–C) groups is 1.